The van der Waals surface area contributed by atoms with Crippen LogP contribution >= 0.6 is 11.6 Å². The largest absolute Gasteiger partial charge is 0.478 e. The van der Waals surface area contributed by atoms with E-state index >= 15 is 0 Å². The van der Waals surface area contributed by atoms with E-state index in [2.05, 4.69) is 20.6 Å². The van der Waals surface area contributed by atoms with Gasteiger partial charge >= 0.3 is 5.97 Å². The number of nitrogens with zero attached hydrogens (tertiary/aromatic N) is 6. The number of fused-ring (bicyclic) bond motifs is 1. The first-order chi connectivity index (χ1) is 21.7. The zero-order chi connectivity index (χ0) is 31.7. The van der Waals surface area contributed by atoms with Crippen molar-refractivity contribution in [3.05, 3.63) is 124 Å². The van der Waals surface area contributed by atoms with Gasteiger partial charge in [-0.25, -0.2) is 18.9 Å². The summed E-state index contributed by atoms with van der Waals surface area (Å²) in [5, 5.41) is 29.0. The number of hydrogen-bond acceptors (Lipinski definition) is 7. The number of carboxylic acids is 1. The number of nitrogens with one attached hydrogen (secondary N) is 1. The van der Waals surface area contributed by atoms with Gasteiger partial charge in [-0.2, -0.15) is 5.26 Å². The molecular weight excluding hydrogens is 601 g/mol. The zero-order valence-electron chi connectivity index (χ0n) is 23.2. The molecule has 3 aromatic carbocycles. The van der Waals surface area contributed by atoms with Gasteiger partial charge in [0.15, 0.2) is 11.5 Å². The van der Waals surface area contributed by atoms with Crippen LogP contribution in [-0.2, 0) is 11.2 Å². The number of aromatic nitrogens is 4. The standard InChI is InChI=1S/C32H21ClFN7O4/c33-25-5-2-6-27(28(25)34)41-17-26(38-39-41)31(43)40-14-13-23-22(19-9-12-21(15-35)36-16-19)3-1-4-24(23)29(40)30(42)37-20-10-7-18(8-11-20)32(44)45/h1-12,16-17,29H,13-14H2,(H,37,42)(H,44,45). The van der Waals surface area contributed by atoms with E-state index in [1.807, 2.05) is 12.1 Å². The highest BCUT2D eigenvalue weighted by Gasteiger charge is 2.38. The maximum atomic E-state index is 14.7. The van der Waals surface area contributed by atoms with Crippen LogP contribution in [0.2, 0.25) is 5.02 Å². The molecule has 0 bridgehead atoms. The van der Waals surface area contributed by atoms with E-state index in [4.69, 9.17) is 16.9 Å². The van der Waals surface area contributed by atoms with Crippen LogP contribution in [0.25, 0.3) is 16.8 Å². The lowest BCUT2D eigenvalue weighted by Gasteiger charge is -2.37. The van der Waals surface area contributed by atoms with Gasteiger partial charge in [-0.15, -0.1) is 5.10 Å². The molecule has 222 valence electrons. The summed E-state index contributed by atoms with van der Waals surface area (Å²) in [6.07, 6.45) is 3.23. The topological polar surface area (TPSA) is 154 Å². The first-order valence-corrected chi connectivity index (χ1v) is 13.9. The Bertz CT molecular complexity index is 2010. The Balaban J connectivity index is 1.39. The Hall–Kier alpha value is -5.93. The number of carboxylic acid groups (broad SMARTS) is 1. The number of anilines is 1. The van der Waals surface area contributed by atoms with Crippen LogP contribution in [-0.4, -0.2) is 54.3 Å². The molecule has 45 heavy (non-hydrogen) atoms. The molecule has 5 aromatic rings. The van der Waals surface area contributed by atoms with Crippen LogP contribution < -0.4 is 5.32 Å². The number of aromatic carboxylic acids is 1. The molecule has 0 spiro atoms. The van der Waals surface area contributed by atoms with Crippen molar-refractivity contribution >= 4 is 35.1 Å². The molecule has 6 rings (SSSR count). The molecule has 0 radical (unpaired) electrons. The molecule has 13 heteroatoms. The summed E-state index contributed by atoms with van der Waals surface area (Å²) >= 11 is 5.92. The number of rotatable bonds is 6. The Morgan fingerprint density at radius 2 is 1.82 bits per heavy atom. The molecule has 1 atom stereocenters. The highest BCUT2D eigenvalue weighted by molar-refractivity contribution is 6.30. The second kappa shape index (κ2) is 12.0. The molecule has 1 aliphatic rings. The van der Waals surface area contributed by atoms with Crippen molar-refractivity contribution in [3.8, 4) is 22.9 Å². The smallest absolute Gasteiger partial charge is 0.335 e. The quantitative estimate of drug-likeness (QED) is 0.266. The molecule has 0 saturated carbocycles. The number of halogens is 2. The third-order valence-corrected chi connectivity index (χ3v) is 7.70. The lowest BCUT2D eigenvalue weighted by atomic mass is 9.86. The van der Waals surface area contributed by atoms with E-state index in [1.54, 1.807) is 30.5 Å². The maximum Gasteiger partial charge on any atom is 0.335 e. The van der Waals surface area contributed by atoms with Crippen LogP contribution in [0.1, 0.15) is 43.7 Å². The number of benzene rings is 3. The monoisotopic (exact) mass is 621 g/mol. The lowest BCUT2D eigenvalue weighted by Crippen LogP contribution is -2.45. The summed E-state index contributed by atoms with van der Waals surface area (Å²) in [5.41, 5.74) is 3.43. The van der Waals surface area contributed by atoms with Gasteiger partial charge in [-0.05, 0) is 71.6 Å². The Kier molecular flexibility index (Phi) is 7.76. The highest BCUT2D eigenvalue weighted by atomic mass is 35.5. The molecule has 0 saturated heterocycles. The molecular formula is C32H21ClFN7O4. The Morgan fingerprint density at radius 1 is 1.04 bits per heavy atom. The van der Waals surface area contributed by atoms with Gasteiger partial charge in [0.1, 0.15) is 23.5 Å². The highest BCUT2D eigenvalue weighted by Crippen LogP contribution is 2.37. The third-order valence-electron chi connectivity index (χ3n) is 7.41. The summed E-state index contributed by atoms with van der Waals surface area (Å²) in [6, 6.07) is 19.6. The van der Waals surface area contributed by atoms with E-state index in [0.717, 1.165) is 21.4 Å². The normalized spacial score (nSPS) is 13.9. The number of pyridine rings is 1. The fraction of sp³-hybridized carbons (Fsp3) is 0.0938. The number of carbonyl (C=O) groups is 3. The van der Waals surface area contributed by atoms with Gasteiger partial charge in [0.25, 0.3) is 11.8 Å². The molecule has 2 N–H and O–H groups in total. The van der Waals surface area contributed by atoms with Gasteiger partial charge in [-0.1, -0.05) is 41.1 Å². The van der Waals surface area contributed by atoms with Crippen molar-refractivity contribution in [3.63, 3.8) is 0 Å². The van der Waals surface area contributed by atoms with Gasteiger partial charge < -0.3 is 15.3 Å². The lowest BCUT2D eigenvalue weighted by molar-refractivity contribution is -0.121. The minimum absolute atomic E-state index is 0.00203. The predicted molar refractivity (Wildman–Crippen MR) is 160 cm³/mol. The molecule has 2 aromatic heterocycles. The number of hydrogen-bond donors (Lipinski definition) is 2. The van der Waals surface area contributed by atoms with E-state index in [-0.39, 0.29) is 34.2 Å². The van der Waals surface area contributed by atoms with Crippen LogP contribution in [0, 0.1) is 17.1 Å². The number of carbonyl (C=O) groups excluding carboxylic acids is 2. The summed E-state index contributed by atoms with van der Waals surface area (Å²) < 4.78 is 15.8. The van der Waals surface area contributed by atoms with E-state index in [9.17, 15) is 23.9 Å². The van der Waals surface area contributed by atoms with Gasteiger partial charge in [-0.3, -0.25) is 9.59 Å². The second-order valence-corrected chi connectivity index (χ2v) is 10.5. The average Bonchev–Trinajstić information content (AvgIpc) is 3.55. The summed E-state index contributed by atoms with van der Waals surface area (Å²) in [4.78, 5) is 44.7. The fourth-order valence-electron chi connectivity index (χ4n) is 5.26. The molecule has 1 aliphatic heterocycles. The van der Waals surface area contributed by atoms with Crippen LogP contribution in [0.3, 0.4) is 0 Å². The molecule has 0 fully saturated rings. The first kappa shape index (κ1) is 29.2. The van der Waals surface area contributed by atoms with E-state index < -0.39 is 29.6 Å². The molecule has 3 heterocycles. The zero-order valence-corrected chi connectivity index (χ0v) is 23.9. The predicted octanol–water partition coefficient (Wildman–Crippen LogP) is 5.07. The van der Waals surface area contributed by atoms with Crippen molar-refractivity contribution < 1.29 is 23.9 Å². The Labute approximate surface area is 260 Å². The van der Waals surface area contributed by atoms with E-state index in [1.165, 1.54) is 53.6 Å². The summed E-state index contributed by atoms with van der Waals surface area (Å²) in [6.45, 7) is 0.126. The molecule has 1 unspecified atom stereocenters. The maximum absolute atomic E-state index is 14.7. The van der Waals surface area contributed by atoms with Crippen molar-refractivity contribution in [1.29, 1.82) is 5.26 Å². The number of amides is 2. The van der Waals surface area contributed by atoms with Crippen molar-refractivity contribution in [2.45, 2.75) is 12.5 Å². The molecule has 0 aliphatic carbocycles. The Morgan fingerprint density at radius 3 is 2.53 bits per heavy atom. The SMILES string of the molecule is N#Cc1ccc(-c2cccc3c2CCN(C(=O)c2cn(-c4cccc(Cl)c4F)nn2)C3C(=O)Nc2ccc(C(=O)O)cc2)cn1. The second-order valence-electron chi connectivity index (χ2n) is 10.1. The van der Waals surface area contributed by atoms with Crippen LogP contribution in [0.5, 0.6) is 0 Å². The van der Waals surface area contributed by atoms with Crippen molar-refractivity contribution in [2.24, 2.45) is 0 Å². The third kappa shape index (κ3) is 5.60. The fourth-order valence-corrected chi connectivity index (χ4v) is 5.43. The summed E-state index contributed by atoms with van der Waals surface area (Å²) in [5.74, 6) is -3.00. The van der Waals surface area contributed by atoms with Gasteiger partial charge in [0.2, 0.25) is 0 Å². The minimum Gasteiger partial charge on any atom is -0.478 e. The van der Waals surface area contributed by atoms with Crippen LogP contribution in [0.15, 0.2) is 85.2 Å². The molecule has 11 nitrogen and oxygen atoms in total. The number of nitriles is 1. The van der Waals surface area contributed by atoms with Gasteiger partial charge in [0, 0.05) is 24.0 Å². The van der Waals surface area contributed by atoms with Crippen LogP contribution in [0.4, 0.5) is 10.1 Å². The minimum atomic E-state index is -1.13. The average molecular weight is 622 g/mol. The van der Waals surface area contributed by atoms with E-state index in [0.29, 0.717) is 17.7 Å². The van der Waals surface area contributed by atoms with Crippen molar-refractivity contribution in [2.75, 3.05) is 11.9 Å². The van der Waals surface area contributed by atoms with Crippen molar-refractivity contribution in [1.82, 2.24) is 24.9 Å². The first-order valence-electron chi connectivity index (χ1n) is 13.6. The van der Waals surface area contributed by atoms with Gasteiger partial charge in [0.05, 0.1) is 16.8 Å². The molecule has 2 amide bonds. The summed E-state index contributed by atoms with van der Waals surface area (Å²) in [7, 11) is 0.